The van der Waals surface area contributed by atoms with Gasteiger partial charge in [-0.25, -0.2) is 9.97 Å². The molecular formula is C13H20N4S. The molecule has 0 saturated heterocycles. The molecule has 0 atom stereocenters. The maximum atomic E-state index is 4.53. The maximum absolute atomic E-state index is 4.53. The smallest absolute Gasteiger partial charge is 0.138 e. The first-order valence-corrected chi connectivity index (χ1v) is 7.14. The van der Waals surface area contributed by atoms with Gasteiger partial charge in [0.2, 0.25) is 0 Å². The molecule has 0 saturated carbocycles. The summed E-state index contributed by atoms with van der Waals surface area (Å²) in [7, 11) is 0. The van der Waals surface area contributed by atoms with Crippen molar-refractivity contribution in [3.05, 3.63) is 16.3 Å². The van der Waals surface area contributed by atoms with Crippen molar-refractivity contribution >= 4 is 27.4 Å². The number of nitrogens with zero attached hydrogens (tertiary/aromatic N) is 2. The minimum atomic E-state index is 0.828. The summed E-state index contributed by atoms with van der Waals surface area (Å²) in [6, 6.07) is 0. The lowest BCUT2D eigenvalue weighted by Crippen LogP contribution is -2.22. The zero-order chi connectivity index (χ0) is 13.1. The van der Waals surface area contributed by atoms with Crippen molar-refractivity contribution in [3.63, 3.8) is 0 Å². The fourth-order valence-electron chi connectivity index (χ4n) is 1.93. The van der Waals surface area contributed by atoms with Crippen molar-refractivity contribution in [2.24, 2.45) is 0 Å². The normalized spacial score (nSPS) is 11.1. The van der Waals surface area contributed by atoms with Crippen LogP contribution in [-0.2, 0) is 0 Å². The van der Waals surface area contributed by atoms with Crippen LogP contribution in [-0.4, -0.2) is 29.6 Å². The van der Waals surface area contributed by atoms with Gasteiger partial charge in [0.15, 0.2) is 0 Å². The van der Waals surface area contributed by atoms with E-state index >= 15 is 0 Å². The average molecular weight is 264 g/mol. The van der Waals surface area contributed by atoms with E-state index in [9.17, 15) is 0 Å². The van der Waals surface area contributed by atoms with Crippen LogP contribution in [0.1, 0.15) is 23.2 Å². The van der Waals surface area contributed by atoms with E-state index in [1.807, 2.05) is 6.92 Å². The van der Waals surface area contributed by atoms with Gasteiger partial charge in [0.05, 0.1) is 5.39 Å². The van der Waals surface area contributed by atoms with Gasteiger partial charge in [-0.3, -0.25) is 0 Å². The van der Waals surface area contributed by atoms with Crippen molar-refractivity contribution < 1.29 is 0 Å². The largest absolute Gasteiger partial charge is 0.368 e. The van der Waals surface area contributed by atoms with Gasteiger partial charge in [-0.05, 0) is 32.9 Å². The molecule has 0 aliphatic heterocycles. The molecule has 18 heavy (non-hydrogen) atoms. The number of nitrogens with one attached hydrogen (secondary N) is 2. The summed E-state index contributed by atoms with van der Waals surface area (Å²) in [5.41, 5.74) is 1.29. The van der Waals surface area contributed by atoms with Gasteiger partial charge in [0.25, 0.3) is 0 Å². The third-order valence-corrected chi connectivity index (χ3v) is 4.09. The highest BCUT2D eigenvalue weighted by molar-refractivity contribution is 7.18. The minimum Gasteiger partial charge on any atom is -0.368 e. The van der Waals surface area contributed by atoms with E-state index in [0.717, 1.165) is 36.1 Å². The lowest BCUT2D eigenvalue weighted by atomic mass is 10.2. The van der Waals surface area contributed by atoms with Crippen LogP contribution >= 0.6 is 11.3 Å². The third-order valence-electron chi connectivity index (χ3n) is 2.98. The monoisotopic (exact) mass is 264 g/mol. The summed E-state index contributed by atoms with van der Waals surface area (Å²) >= 11 is 1.74. The Hall–Kier alpha value is -1.20. The number of thiophene rings is 1. The second kappa shape index (κ2) is 5.63. The molecule has 0 aliphatic rings. The lowest BCUT2D eigenvalue weighted by molar-refractivity contribution is 0.738. The van der Waals surface area contributed by atoms with Crippen molar-refractivity contribution in [2.75, 3.05) is 25.0 Å². The molecule has 2 rings (SSSR count). The summed E-state index contributed by atoms with van der Waals surface area (Å²) in [5, 5.41) is 7.89. The molecule has 2 N–H and O–H groups in total. The van der Waals surface area contributed by atoms with Crippen molar-refractivity contribution in [2.45, 2.75) is 27.7 Å². The Morgan fingerprint density at radius 1 is 1.11 bits per heavy atom. The van der Waals surface area contributed by atoms with Gasteiger partial charge in [-0.1, -0.05) is 6.92 Å². The van der Waals surface area contributed by atoms with E-state index in [1.165, 1.54) is 15.8 Å². The quantitative estimate of drug-likeness (QED) is 0.815. The number of anilines is 1. The maximum Gasteiger partial charge on any atom is 0.138 e. The Morgan fingerprint density at radius 2 is 1.89 bits per heavy atom. The summed E-state index contributed by atoms with van der Waals surface area (Å²) in [6.07, 6.45) is 0. The van der Waals surface area contributed by atoms with Crippen LogP contribution < -0.4 is 10.6 Å². The molecule has 0 aromatic carbocycles. The molecule has 0 aliphatic carbocycles. The summed E-state index contributed by atoms with van der Waals surface area (Å²) < 4.78 is 0. The van der Waals surface area contributed by atoms with E-state index in [2.05, 4.69) is 41.4 Å². The van der Waals surface area contributed by atoms with Gasteiger partial charge >= 0.3 is 0 Å². The summed E-state index contributed by atoms with van der Waals surface area (Å²) in [6.45, 7) is 11.2. The average Bonchev–Trinajstić information content (AvgIpc) is 2.60. The second-order valence-electron chi connectivity index (χ2n) is 4.36. The van der Waals surface area contributed by atoms with Crippen LogP contribution in [0.3, 0.4) is 0 Å². The molecule has 0 bridgehead atoms. The van der Waals surface area contributed by atoms with Crippen molar-refractivity contribution in [1.82, 2.24) is 15.3 Å². The first-order valence-electron chi connectivity index (χ1n) is 6.32. The third kappa shape index (κ3) is 2.62. The molecule has 0 radical (unpaired) electrons. The summed E-state index contributed by atoms with van der Waals surface area (Å²) in [5.74, 6) is 1.80. The molecule has 2 heterocycles. The Bertz CT molecular complexity index is 547. The Kier molecular flexibility index (Phi) is 4.14. The summed E-state index contributed by atoms with van der Waals surface area (Å²) in [4.78, 5) is 11.4. The number of fused-ring (bicyclic) bond motifs is 1. The van der Waals surface area contributed by atoms with Gasteiger partial charge in [-0.15, -0.1) is 11.3 Å². The molecule has 0 unspecified atom stereocenters. The van der Waals surface area contributed by atoms with Gasteiger partial charge in [-0.2, -0.15) is 0 Å². The molecule has 5 heteroatoms. The predicted molar refractivity (Wildman–Crippen MR) is 78.7 cm³/mol. The van der Waals surface area contributed by atoms with Crippen molar-refractivity contribution in [1.29, 1.82) is 0 Å². The zero-order valence-corrected chi connectivity index (χ0v) is 12.2. The zero-order valence-electron chi connectivity index (χ0n) is 11.4. The first kappa shape index (κ1) is 13.2. The molecule has 0 spiro atoms. The highest BCUT2D eigenvalue weighted by atomic mass is 32.1. The molecule has 0 amide bonds. The van der Waals surface area contributed by atoms with Crippen LogP contribution in [0, 0.1) is 20.8 Å². The van der Waals surface area contributed by atoms with Crippen LogP contribution in [0.25, 0.3) is 10.2 Å². The van der Waals surface area contributed by atoms with Crippen molar-refractivity contribution in [3.8, 4) is 0 Å². The van der Waals surface area contributed by atoms with Crippen LogP contribution in [0.5, 0.6) is 0 Å². The highest BCUT2D eigenvalue weighted by Crippen LogP contribution is 2.32. The second-order valence-corrected chi connectivity index (χ2v) is 5.57. The number of likely N-dealkylation sites (N-methyl/N-ethyl adjacent to an activating group) is 1. The van der Waals surface area contributed by atoms with E-state index in [-0.39, 0.29) is 0 Å². The van der Waals surface area contributed by atoms with Crippen LogP contribution in [0.15, 0.2) is 0 Å². The number of hydrogen-bond donors (Lipinski definition) is 2. The van der Waals surface area contributed by atoms with E-state index in [0.29, 0.717) is 0 Å². The van der Waals surface area contributed by atoms with Gasteiger partial charge in [0, 0.05) is 18.0 Å². The van der Waals surface area contributed by atoms with E-state index in [4.69, 9.17) is 0 Å². The molecule has 98 valence electrons. The number of aromatic nitrogens is 2. The van der Waals surface area contributed by atoms with E-state index in [1.54, 1.807) is 11.3 Å². The van der Waals surface area contributed by atoms with E-state index < -0.39 is 0 Å². The first-order chi connectivity index (χ1) is 8.63. The fraction of sp³-hybridized carbons (Fsp3) is 0.538. The topological polar surface area (TPSA) is 49.8 Å². The fourth-order valence-corrected chi connectivity index (χ4v) is 3.01. The van der Waals surface area contributed by atoms with Crippen LogP contribution in [0.2, 0.25) is 0 Å². The highest BCUT2D eigenvalue weighted by Gasteiger charge is 2.12. The molecule has 0 fully saturated rings. The minimum absolute atomic E-state index is 0.828. The van der Waals surface area contributed by atoms with Gasteiger partial charge < -0.3 is 10.6 Å². The molecule has 4 nitrogen and oxygen atoms in total. The molecular weight excluding hydrogens is 244 g/mol. The number of rotatable bonds is 5. The van der Waals surface area contributed by atoms with Gasteiger partial charge in [0.1, 0.15) is 16.5 Å². The Balaban J connectivity index is 2.30. The predicted octanol–water partition coefficient (Wildman–Crippen LogP) is 2.64. The molecule has 2 aromatic heterocycles. The SMILES string of the molecule is CCNCCNc1nc(C)nc2sc(C)c(C)c12. The Morgan fingerprint density at radius 3 is 2.61 bits per heavy atom. The van der Waals surface area contributed by atoms with Crippen LogP contribution in [0.4, 0.5) is 5.82 Å². The number of aryl methyl sites for hydroxylation is 3. The molecule has 2 aromatic rings. The standard InChI is InChI=1S/C13H20N4S/c1-5-14-6-7-15-12-11-8(2)9(3)18-13(11)17-10(4)16-12/h14H,5-7H2,1-4H3,(H,15,16,17). The lowest BCUT2D eigenvalue weighted by Gasteiger charge is -2.08. The Labute approximate surface area is 112 Å². The number of hydrogen-bond acceptors (Lipinski definition) is 5.